The van der Waals surface area contributed by atoms with E-state index in [1.807, 2.05) is 0 Å². The summed E-state index contributed by atoms with van der Waals surface area (Å²) in [6, 6.07) is 0. The minimum absolute atomic E-state index is 0.0448. The number of hydrogen-bond acceptors (Lipinski definition) is 10. The van der Waals surface area contributed by atoms with Crippen molar-refractivity contribution in [3.8, 4) is 0 Å². The third kappa shape index (κ3) is 26.8. The van der Waals surface area contributed by atoms with Gasteiger partial charge in [-0.2, -0.15) is 0 Å². The summed E-state index contributed by atoms with van der Waals surface area (Å²) in [5, 5.41) is 0. The molecule has 1 aromatic rings. The Morgan fingerprint density at radius 2 is 1.24 bits per heavy atom. The fourth-order valence-corrected chi connectivity index (χ4v) is 8.11. The van der Waals surface area contributed by atoms with Crippen LogP contribution in [0.25, 0.3) is 0 Å². The Kier molecular flexibility index (Phi) is 30.3. The Balaban J connectivity index is 1.54. The Morgan fingerprint density at radius 3 is 1.85 bits per heavy atom. The third-order valence-corrected chi connectivity index (χ3v) is 12.3. The first kappa shape index (κ1) is 53.1. The molecule has 1 aliphatic rings. The third-order valence-electron chi connectivity index (χ3n) is 11.3. The minimum atomic E-state index is -4.40. The molecule has 11 nitrogen and oxygen atoms in total. The minimum Gasteiger partial charge on any atom is -0.466 e. The normalized spacial score (nSPS) is 16.7. The van der Waals surface area contributed by atoms with Crippen LogP contribution < -0.4 is 5.73 Å². The van der Waals surface area contributed by atoms with Crippen molar-refractivity contribution in [1.82, 2.24) is 0 Å². The average molecular weight is 854 g/mol. The van der Waals surface area contributed by atoms with Crippen LogP contribution in [0.2, 0.25) is 0 Å². The zero-order valence-corrected chi connectivity index (χ0v) is 38.6. The summed E-state index contributed by atoms with van der Waals surface area (Å²) < 4.78 is 45.0. The fraction of sp³-hybridized carbons (Fsp3) is 0.830. The second-order valence-corrected chi connectivity index (χ2v) is 18.0. The molecule has 59 heavy (non-hydrogen) atoms. The Morgan fingerprint density at radius 1 is 0.695 bits per heavy atom. The fourth-order valence-electron chi connectivity index (χ4n) is 7.35. The van der Waals surface area contributed by atoms with Crippen molar-refractivity contribution in [3.05, 3.63) is 34.8 Å². The molecule has 1 aromatic heterocycles. The number of aryl methyl sites for hydroxylation is 2. The molecular weight excluding hydrogens is 769 g/mol. The van der Waals surface area contributed by atoms with Crippen molar-refractivity contribution in [2.24, 2.45) is 5.73 Å². The lowest BCUT2D eigenvalue weighted by Gasteiger charge is -2.19. The van der Waals surface area contributed by atoms with E-state index in [9.17, 15) is 19.0 Å². The van der Waals surface area contributed by atoms with Crippen LogP contribution in [0, 0.1) is 13.8 Å². The van der Waals surface area contributed by atoms with Crippen LogP contribution in [0.15, 0.2) is 16.6 Å². The standard InChI is InChI=1S/C47H84NO10P/c1-5-7-9-10-18-25-31-44-45(58-44)32-26-20-17-22-27-33-46(49)53-37-41(38-55-59(51,52)54-36-35-48)56-47(50)34-28-21-16-14-12-11-13-15-19-24-30-43-40(4)39(3)42(57-43)29-23-8-6-2/h18,25,41,44-45H,5-17,19-24,26-38,48H2,1-4H3,(H,51,52)/b25-18-/t41-,44?,45?/m1/s1. The highest BCUT2D eigenvalue weighted by Crippen LogP contribution is 2.43. The molecule has 0 amide bonds. The van der Waals surface area contributed by atoms with Crippen molar-refractivity contribution in [2.75, 3.05) is 26.4 Å². The van der Waals surface area contributed by atoms with Crippen LogP contribution in [-0.2, 0) is 50.3 Å². The summed E-state index contributed by atoms with van der Waals surface area (Å²) in [5.41, 5.74) is 8.05. The van der Waals surface area contributed by atoms with Crippen LogP contribution >= 0.6 is 7.82 Å². The van der Waals surface area contributed by atoms with E-state index in [-0.39, 0.29) is 32.6 Å². The number of nitrogens with two attached hydrogens (primary N) is 1. The number of phosphoric ester groups is 1. The lowest BCUT2D eigenvalue weighted by Crippen LogP contribution is -2.29. The lowest BCUT2D eigenvalue weighted by molar-refractivity contribution is -0.161. The first-order chi connectivity index (χ1) is 28.6. The average Bonchev–Trinajstić information content (AvgIpc) is 3.92. The second-order valence-electron chi connectivity index (χ2n) is 16.6. The van der Waals surface area contributed by atoms with Crippen molar-refractivity contribution < 1.29 is 46.7 Å². The molecule has 0 radical (unpaired) electrons. The maximum atomic E-state index is 12.7. The van der Waals surface area contributed by atoms with Gasteiger partial charge in [-0.25, -0.2) is 4.57 Å². The van der Waals surface area contributed by atoms with Gasteiger partial charge in [0.1, 0.15) is 18.1 Å². The van der Waals surface area contributed by atoms with Crippen molar-refractivity contribution in [3.63, 3.8) is 0 Å². The number of phosphoric acid groups is 1. The molecule has 3 unspecified atom stereocenters. The zero-order valence-electron chi connectivity index (χ0n) is 37.7. The molecule has 1 aliphatic heterocycles. The number of esters is 2. The van der Waals surface area contributed by atoms with E-state index in [0.717, 1.165) is 77.0 Å². The molecule has 2 rings (SSSR count). The summed E-state index contributed by atoms with van der Waals surface area (Å²) in [6.07, 6.45) is 33.6. The van der Waals surface area contributed by atoms with E-state index < -0.39 is 32.5 Å². The quantitative estimate of drug-likeness (QED) is 0.0213. The first-order valence-corrected chi connectivity index (χ1v) is 25.1. The van der Waals surface area contributed by atoms with Gasteiger partial charge in [-0.3, -0.25) is 18.6 Å². The number of epoxide rings is 1. The summed E-state index contributed by atoms with van der Waals surface area (Å²) in [6.45, 7) is 8.03. The van der Waals surface area contributed by atoms with Gasteiger partial charge in [-0.05, 0) is 76.3 Å². The Hall–Kier alpha value is -2.01. The molecular formula is C47H84NO10P. The molecule has 1 fully saturated rings. The summed E-state index contributed by atoms with van der Waals surface area (Å²) in [5.74, 6) is 1.51. The number of allylic oxidation sites excluding steroid dienone is 1. The van der Waals surface area contributed by atoms with Gasteiger partial charge in [0.2, 0.25) is 0 Å². The topological polar surface area (TPSA) is 160 Å². The predicted molar refractivity (Wildman–Crippen MR) is 236 cm³/mol. The maximum Gasteiger partial charge on any atom is 0.472 e. The molecule has 0 aromatic carbocycles. The monoisotopic (exact) mass is 854 g/mol. The predicted octanol–water partition coefficient (Wildman–Crippen LogP) is 12.0. The van der Waals surface area contributed by atoms with Crippen molar-refractivity contribution in [1.29, 1.82) is 0 Å². The summed E-state index contributed by atoms with van der Waals surface area (Å²) in [7, 11) is -4.40. The molecule has 2 heterocycles. The van der Waals surface area contributed by atoms with E-state index in [2.05, 4.69) is 39.8 Å². The maximum absolute atomic E-state index is 12.7. The number of furan rings is 1. The van der Waals surface area contributed by atoms with Gasteiger partial charge < -0.3 is 29.3 Å². The number of carbonyl (C=O) groups is 2. The number of unbranched alkanes of at least 4 members (excludes halogenated alkanes) is 18. The first-order valence-electron chi connectivity index (χ1n) is 23.6. The molecule has 0 spiro atoms. The van der Waals surface area contributed by atoms with E-state index in [4.69, 9.17) is 33.4 Å². The number of rotatable bonds is 40. The highest BCUT2D eigenvalue weighted by molar-refractivity contribution is 7.47. The van der Waals surface area contributed by atoms with Crippen molar-refractivity contribution in [2.45, 2.75) is 226 Å². The summed E-state index contributed by atoms with van der Waals surface area (Å²) >= 11 is 0. The van der Waals surface area contributed by atoms with Gasteiger partial charge >= 0.3 is 19.8 Å². The molecule has 3 N–H and O–H groups in total. The van der Waals surface area contributed by atoms with Gasteiger partial charge in [-0.1, -0.05) is 129 Å². The Bertz CT molecular complexity index is 1320. The molecule has 12 heteroatoms. The van der Waals surface area contributed by atoms with Gasteiger partial charge in [0.05, 0.1) is 25.4 Å². The molecule has 0 saturated carbocycles. The summed E-state index contributed by atoms with van der Waals surface area (Å²) in [4.78, 5) is 35.1. The Labute approximate surface area is 358 Å². The van der Waals surface area contributed by atoms with Gasteiger partial charge in [0.15, 0.2) is 6.10 Å². The van der Waals surface area contributed by atoms with E-state index in [1.165, 1.54) is 99.7 Å². The van der Waals surface area contributed by atoms with Crippen molar-refractivity contribution >= 4 is 19.8 Å². The molecule has 0 bridgehead atoms. The van der Waals surface area contributed by atoms with Gasteiger partial charge in [0, 0.05) is 32.2 Å². The van der Waals surface area contributed by atoms with Crippen LogP contribution in [0.5, 0.6) is 0 Å². The van der Waals surface area contributed by atoms with Crippen LogP contribution in [-0.4, -0.2) is 61.5 Å². The largest absolute Gasteiger partial charge is 0.472 e. The number of carbonyl (C=O) groups excluding carboxylic acids is 2. The molecule has 342 valence electrons. The van der Waals surface area contributed by atoms with E-state index in [0.29, 0.717) is 25.0 Å². The van der Waals surface area contributed by atoms with Crippen LogP contribution in [0.1, 0.15) is 203 Å². The smallest absolute Gasteiger partial charge is 0.466 e. The SMILES string of the molecule is CCCCC/C=C\CC1OC1CCCCCCCC(=O)OC[C@H](COP(=O)(O)OCCN)OC(=O)CCCCCCCCCCCCc1oc(CCCCC)c(C)c1C. The van der Waals surface area contributed by atoms with Gasteiger partial charge in [-0.15, -0.1) is 0 Å². The second kappa shape index (κ2) is 33.6. The number of hydrogen-bond donors (Lipinski definition) is 2. The van der Waals surface area contributed by atoms with Crippen LogP contribution in [0.3, 0.4) is 0 Å². The molecule has 0 aliphatic carbocycles. The highest BCUT2D eigenvalue weighted by atomic mass is 31.2. The van der Waals surface area contributed by atoms with Crippen LogP contribution in [0.4, 0.5) is 0 Å². The number of ether oxygens (including phenoxy) is 3. The van der Waals surface area contributed by atoms with Gasteiger partial charge in [0.25, 0.3) is 0 Å². The van der Waals surface area contributed by atoms with E-state index >= 15 is 0 Å². The highest BCUT2D eigenvalue weighted by Gasteiger charge is 2.36. The lowest BCUT2D eigenvalue weighted by atomic mass is 10.0. The van der Waals surface area contributed by atoms with E-state index in [1.54, 1.807) is 0 Å². The molecule has 1 saturated heterocycles. The molecule has 4 atom stereocenters. The zero-order chi connectivity index (χ0) is 43.0.